The molecule has 0 spiro atoms. The SMILES string of the molecule is CNC(C)c1ccc2c(cnn2C)c1. The van der Waals surface area contributed by atoms with Gasteiger partial charge in [0.2, 0.25) is 0 Å². The van der Waals surface area contributed by atoms with E-state index in [0.29, 0.717) is 6.04 Å². The third-order valence-electron chi connectivity index (χ3n) is 2.70. The van der Waals surface area contributed by atoms with E-state index in [1.165, 1.54) is 16.5 Å². The van der Waals surface area contributed by atoms with E-state index in [1.54, 1.807) is 0 Å². The molecule has 0 fully saturated rings. The minimum atomic E-state index is 0.389. The number of rotatable bonds is 2. The molecule has 1 unspecified atom stereocenters. The quantitative estimate of drug-likeness (QED) is 0.781. The summed E-state index contributed by atoms with van der Waals surface area (Å²) in [5, 5.41) is 8.64. The average Bonchev–Trinajstić information content (AvgIpc) is 2.59. The zero-order chi connectivity index (χ0) is 10.1. The number of aryl methyl sites for hydroxylation is 1. The first-order chi connectivity index (χ1) is 6.72. The first kappa shape index (κ1) is 9.21. The lowest BCUT2D eigenvalue weighted by molar-refractivity contribution is 0.653. The van der Waals surface area contributed by atoms with Gasteiger partial charge in [-0.25, -0.2) is 0 Å². The van der Waals surface area contributed by atoms with E-state index in [-0.39, 0.29) is 0 Å². The number of nitrogens with zero attached hydrogens (tertiary/aromatic N) is 2. The van der Waals surface area contributed by atoms with Crippen molar-refractivity contribution >= 4 is 10.9 Å². The second-order valence-electron chi connectivity index (χ2n) is 3.60. The molecule has 2 rings (SSSR count). The summed E-state index contributed by atoms with van der Waals surface area (Å²) in [4.78, 5) is 0. The summed E-state index contributed by atoms with van der Waals surface area (Å²) in [5.74, 6) is 0. The molecular formula is C11H15N3. The van der Waals surface area contributed by atoms with Crippen molar-refractivity contribution in [1.29, 1.82) is 0 Å². The molecule has 0 bridgehead atoms. The molecule has 0 aliphatic carbocycles. The summed E-state index contributed by atoms with van der Waals surface area (Å²) in [6.07, 6.45) is 1.90. The number of aromatic nitrogens is 2. The van der Waals surface area contributed by atoms with Crippen molar-refractivity contribution in [2.45, 2.75) is 13.0 Å². The maximum atomic E-state index is 4.22. The van der Waals surface area contributed by atoms with Crippen LogP contribution in [0.15, 0.2) is 24.4 Å². The predicted octanol–water partition coefficient (Wildman–Crippen LogP) is 1.85. The van der Waals surface area contributed by atoms with Gasteiger partial charge in [-0.3, -0.25) is 4.68 Å². The highest BCUT2D eigenvalue weighted by molar-refractivity contribution is 5.79. The molecule has 14 heavy (non-hydrogen) atoms. The fourth-order valence-corrected chi connectivity index (χ4v) is 1.62. The standard InChI is InChI=1S/C11H15N3/c1-8(12-2)9-4-5-11-10(6-9)7-13-14(11)3/h4-8,12H,1-3H3. The fourth-order valence-electron chi connectivity index (χ4n) is 1.62. The van der Waals surface area contributed by atoms with Crippen LogP contribution in [0.25, 0.3) is 10.9 Å². The molecule has 1 atom stereocenters. The highest BCUT2D eigenvalue weighted by atomic mass is 15.2. The normalized spacial score (nSPS) is 13.4. The molecule has 0 aliphatic heterocycles. The lowest BCUT2D eigenvalue weighted by Crippen LogP contribution is -2.11. The molecule has 1 N–H and O–H groups in total. The van der Waals surface area contributed by atoms with Crippen LogP contribution in [0.4, 0.5) is 0 Å². The van der Waals surface area contributed by atoms with Crippen molar-refractivity contribution in [2.24, 2.45) is 7.05 Å². The van der Waals surface area contributed by atoms with Crippen molar-refractivity contribution in [3.05, 3.63) is 30.0 Å². The molecular weight excluding hydrogens is 174 g/mol. The molecule has 0 saturated heterocycles. The Kier molecular flexibility index (Phi) is 2.25. The van der Waals surface area contributed by atoms with Crippen molar-refractivity contribution < 1.29 is 0 Å². The minimum absolute atomic E-state index is 0.389. The highest BCUT2D eigenvalue weighted by Crippen LogP contribution is 2.19. The molecule has 0 saturated carbocycles. The fraction of sp³-hybridized carbons (Fsp3) is 0.364. The molecule has 74 valence electrons. The van der Waals surface area contributed by atoms with Gasteiger partial charge in [0.25, 0.3) is 0 Å². The van der Waals surface area contributed by atoms with Crippen LogP contribution in [0.3, 0.4) is 0 Å². The maximum absolute atomic E-state index is 4.22. The van der Waals surface area contributed by atoms with Crippen LogP contribution < -0.4 is 5.32 Å². The first-order valence-electron chi connectivity index (χ1n) is 4.81. The molecule has 0 aliphatic rings. The number of fused-ring (bicyclic) bond motifs is 1. The monoisotopic (exact) mass is 189 g/mol. The first-order valence-corrected chi connectivity index (χ1v) is 4.81. The summed E-state index contributed by atoms with van der Waals surface area (Å²) in [5.41, 5.74) is 2.48. The van der Waals surface area contributed by atoms with Crippen molar-refractivity contribution in [3.63, 3.8) is 0 Å². The van der Waals surface area contributed by atoms with E-state index in [2.05, 4.69) is 35.5 Å². The number of benzene rings is 1. The summed E-state index contributed by atoms with van der Waals surface area (Å²) < 4.78 is 1.89. The average molecular weight is 189 g/mol. The Bertz CT molecular complexity index is 445. The lowest BCUT2D eigenvalue weighted by Gasteiger charge is -2.10. The molecule has 1 aromatic carbocycles. The minimum Gasteiger partial charge on any atom is -0.313 e. The van der Waals surface area contributed by atoms with Gasteiger partial charge in [0.15, 0.2) is 0 Å². The molecule has 3 nitrogen and oxygen atoms in total. The molecule has 1 aromatic heterocycles. The van der Waals surface area contributed by atoms with Crippen molar-refractivity contribution in [2.75, 3.05) is 7.05 Å². The van der Waals surface area contributed by atoms with Gasteiger partial charge in [-0.1, -0.05) is 6.07 Å². The highest BCUT2D eigenvalue weighted by Gasteiger charge is 2.04. The van der Waals surface area contributed by atoms with E-state index in [1.807, 2.05) is 25.0 Å². The van der Waals surface area contributed by atoms with Gasteiger partial charge in [0, 0.05) is 18.5 Å². The van der Waals surface area contributed by atoms with E-state index < -0.39 is 0 Å². The third kappa shape index (κ3) is 1.40. The van der Waals surface area contributed by atoms with E-state index in [0.717, 1.165) is 0 Å². The van der Waals surface area contributed by atoms with Crippen molar-refractivity contribution in [1.82, 2.24) is 15.1 Å². The van der Waals surface area contributed by atoms with Gasteiger partial charge < -0.3 is 5.32 Å². The Balaban J connectivity index is 2.52. The van der Waals surface area contributed by atoms with Crippen LogP contribution in [0.1, 0.15) is 18.5 Å². The van der Waals surface area contributed by atoms with Crippen LogP contribution in [0.2, 0.25) is 0 Å². The Hall–Kier alpha value is -1.35. The van der Waals surface area contributed by atoms with Gasteiger partial charge in [-0.2, -0.15) is 5.10 Å². The second-order valence-corrected chi connectivity index (χ2v) is 3.60. The van der Waals surface area contributed by atoms with Gasteiger partial charge in [-0.15, -0.1) is 0 Å². The number of hydrogen-bond acceptors (Lipinski definition) is 2. The van der Waals surface area contributed by atoms with E-state index >= 15 is 0 Å². The Morgan fingerprint density at radius 3 is 2.93 bits per heavy atom. The van der Waals surface area contributed by atoms with Crippen LogP contribution >= 0.6 is 0 Å². The predicted molar refractivity (Wildman–Crippen MR) is 58.2 cm³/mol. The van der Waals surface area contributed by atoms with Crippen LogP contribution in [0.5, 0.6) is 0 Å². The van der Waals surface area contributed by atoms with Crippen LogP contribution in [-0.2, 0) is 7.05 Å². The van der Waals surface area contributed by atoms with E-state index in [4.69, 9.17) is 0 Å². The summed E-state index contributed by atoms with van der Waals surface area (Å²) in [7, 11) is 3.93. The molecule has 3 heteroatoms. The Morgan fingerprint density at radius 2 is 2.21 bits per heavy atom. The zero-order valence-electron chi connectivity index (χ0n) is 8.78. The summed E-state index contributed by atoms with van der Waals surface area (Å²) >= 11 is 0. The van der Waals surface area contributed by atoms with Gasteiger partial charge >= 0.3 is 0 Å². The molecule has 0 amide bonds. The molecule has 1 heterocycles. The zero-order valence-corrected chi connectivity index (χ0v) is 8.78. The van der Waals surface area contributed by atoms with Crippen LogP contribution in [-0.4, -0.2) is 16.8 Å². The second kappa shape index (κ2) is 3.42. The lowest BCUT2D eigenvalue weighted by atomic mass is 10.1. The van der Waals surface area contributed by atoms with Crippen molar-refractivity contribution in [3.8, 4) is 0 Å². The van der Waals surface area contributed by atoms with Gasteiger partial charge in [0.1, 0.15) is 0 Å². The summed E-state index contributed by atoms with van der Waals surface area (Å²) in [6.45, 7) is 2.15. The smallest absolute Gasteiger partial charge is 0.0679 e. The van der Waals surface area contributed by atoms with Gasteiger partial charge in [0.05, 0.1) is 11.7 Å². The Labute approximate surface area is 83.7 Å². The van der Waals surface area contributed by atoms with E-state index in [9.17, 15) is 0 Å². The van der Waals surface area contributed by atoms with Crippen LogP contribution in [0, 0.1) is 0 Å². The third-order valence-corrected chi connectivity index (χ3v) is 2.70. The largest absolute Gasteiger partial charge is 0.313 e. The topological polar surface area (TPSA) is 29.9 Å². The molecule has 2 aromatic rings. The summed E-state index contributed by atoms with van der Waals surface area (Å²) in [6, 6.07) is 6.83. The van der Waals surface area contributed by atoms with Gasteiger partial charge in [-0.05, 0) is 31.7 Å². The Morgan fingerprint density at radius 1 is 1.43 bits per heavy atom. The number of hydrogen-bond donors (Lipinski definition) is 1. The number of nitrogens with one attached hydrogen (secondary N) is 1. The molecule has 0 radical (unpaired) electrons. The maximum Gasteiger partial charge on any atom is 0.0679 e.